The Bertz CT molecular complexity index is 550. The lowest BCUT2D eigenvalue weighted by Gasteiger charge is -2.18. The van der Waals surface area contributed by atoms with Gasteiger partial charge in [-0.15, -0.1) is 0 Å². The summed E-state index contributed by atoms with van der Waals surface area (Å²) in [5.74, 6) is 0.916. The molecule has 0 saturated carbocycles. The van der Waals surface area contributed by atoms with E-state index < -0.39 is 0 Å². The number of ether oxygens (including phenoxy) is 1. The van der Waals surface area contributed by atoms with Gasteiger partial charge in [-0.1, -0.05) is 26.0 Å². The molecule has 0 fully saturated rings. The van der Waals surface area contributed by atoms with Crippen molar-refractivity contribution < 1.29 is 4.74 Å². The molecule has 0 aliphatic rings. The number of rotatable bonds is 8. The van der Waals surface area contributed by atoms with Gasteiger partial charge in [0.2, 0.25) is 0 Å². The second-order valence-corrected chi connectivity index (χ2v) is 5.03. The SMILES string of the molecule is CCCn1cc(C(NCC)c2cccc(OCC)c2)cn1. The monoisotopic (exact) mass is 287 g/mol. The fraction of sp³-hybridized carbons (Fsp3) is 0.471. The average molecular weight is 287 g/mol. The fourth-order valence-corrected chi connectivity index (χ4v) is 2.46. The Balaban J connectivity index is 2.26. The topological polar surface area (TPSA) is 39.1 Å². The zero-order chi connectivity index (χ0) is 15.1. The molecule has 1 N–H and O–H groups in total. The standard InChI is InChI=1S/C17H25N3O/c1-4-10-20-13-15(12-19-20)17(18-5-2)14-8-7-9-16(11-14)21-6-3/h7-9,11-13,17-18H,4-6,10H2,1-3H3. The molecule has 114 valence electrons. The summed E-state index contributed by atoms with van der Waals surface area (Å²) in [6.45, 7) is 8.83. The Morgan fingerprint density at radius 3 is 2.81 bits per heavy atom. The van der Waals surface area contributed by atoms with E-state index in [1.165, 1.54) is 11.1 Å². The van der Waals surface area contributed by atoms with E-state index >= 15 is 0 Å². The van der Waals surface area contributed by atoms with Crippen LogP contribution in [0.5, 0.6) is 5.75 Å². The van der Waals surface area contributed by atoms with E-state index in [9.17, 15) is 0 Å². The van der Waals surface area contributed by atoms with Crippen LogP contribution in [0.4, 0.5) is 0 Å². The van der Waals surface area contributed by atoms with Gasteiger partial charge in [0.1, 0.15) is 5.75 Å². The Labute approximate surface area is 127 Å². The van der Waals surface area contributed by atoms with Gasteiger partial charge in [0.25, 0.3) is 0 Å². The number of nitrogens with one attached hydrogen (secondary N) is 1. The summed E-state index contributed by atoms with van der Waals surface area (Å²) in [6.07, 6.45) is 5.17. The number of benzene rings is 1. The molecule has 4 heteroatoms. The number of aromatic nitrogens is 2. The van der Waals surface area contributed by atoms with Gasteiger partial charge < -0.3 is 10.1 Å². The third-order valence-corrected chi connectivity index (χ3v) is 3.35. The van der Waals surface area contributed by atoms with Gasteiger partial charge in [-0.25, -0.2) is 0 Å². The molecular weight excluding hydrogens is 262 g/mol. The van der Waals surface area contributed by atoms with E-state index in [0.29, 0.717) is 6.61 Å². The first-order valence-electron chi connectivity index (χ1n) is 7.77. The van der Waals surface area contributed by atoms with Crippen LogP contribution in [-0.2, 0) is 6.54 Å². The predicted molar refractivity (Wildman–Crippen MR) is 85.6 cm³/mol. The maximum Gasteiger partial charge on any atom is 0.119 e. The summed E-state index contributed by atoms with van der Waals surface area (Å²) < 4.78 is 7.61. The van der Waals surface area contributed by atoms with Gasteiger partial charge in [-0.2, -0.15) is 5.10 Å². The van der Waals surface area contributed by atoms with Crippen LogP contribution in [0.1, 0.15) is 44.4 Å². The van der Waals surface area contributed by atoms with Crippen LogP contribution in [0.2, 0.25) is 0 Å². The largest absolute Gasteiger partial charge is 0.494 e. The third-order valence-electron chi connectivity index (χ3n) is 3.35. The van der Waals surface area contributed by atoms with Crippen molar-refractivity contribution in [1.82, 2.24) is 15.1 Å². The lowest BCUT2D eigenvalue weighted by Crippen LogP contribution is -2.21. The first kappa shape index (κ1) is 15.6. The van der Waals surface area contributed by atoms with Crippen LogP contribution < -0.4 is 10.1 Å². The molecule has 0 spiro atoms. The third kappa shape index (κ3) is 4.08. The molecule has 1 atom stereocenters. The molecule has 21 heavy (non-hydrogen) atoms. The van der Waals surface area contributed by atoms with Crippen molar-refractivity contribution in [3.05, 3.63) is 47.8 Å². The van der Waals surface area contributed by atoms with Gasteiger partial charge in [-0.3, -0.25) is 4.68 Å². The summed E-state index contributed by atoms with van der Waals surface area (Å²) in [6, 6.07) is 8.43. The zero-order valence-corrected chi connectivity index (χ0v) is 13.2. The molecular formula is C17H25N3O. The fourth-order valence-electron chi connectivity index (χ4n) is 2.46. The van der Waals surface area contributed by atoms with Crippen molar-refractivity contribution >= 4 is 0 Å². The summed E-state index contributed by atoms with van der Waals surface area (Å²) in [4.78, 5) is 0. The number of hydrogen-bond donors (Lipinski definition) is 1. The highest BCUT2D eigenvalue weighted by molar-refractivity contribution is 5.35. The van der Waals surface area contributed by atoms with Crippen LogP contribution in [0.25, 0.3) is 0 Å². The highest BCUT2D eigenvalue weighted by Crippen LogP contribution is 2.25. The van der Waals surface area contributed by atoms with Crippen molar-refractivity contribution in [2.75, 3.05) is 13.2 Å². The van der Waals surface area contributed by atoms with E-state index in [4.69, 9.17) is 4.74 Å². The van der Waals surface area contributed by atoms with Crippen LogP contribution in [0.15, 0.2) is 36.7 Å². The van der Waals surface area contributed by atoms with Crippen LogP contribution in [0.3, 0.4) is 0 Å². The van der Waals surface area contributed by atoms with E-state index in [1.54, 1.807) is 0 Å². The van der Waals surface area contributed by atoms with Crippen LogP contribution >= 0.6 is 0 Å². The molecule has 1 aromatic heterocycles. The van der Waals surface area contributed by atoms with E-state index in [-0.39, 0.29) is 6.04 Å². The van der Waals surface area contributed by atoms with E-state index in [0.717, 1.165) is 25.3 Å². The smallest absolute Gasteiger partial charge is 0.119 e. The minimum absolute atomic E-state index is 0.154. The Morgan fingerprint density at radius 2 is 2.10 bits per heavy atom. The molecule has 0 bridgehead atoms. The van der Waals surface area contributed by atoms with E-state index in [2.05, 4.69) is 42.6 Å². The van der Waals surface area contributed by atoms with E-state index in [1.807, 2.05) is 29.9 Å². The second-order valence-electron chi connectivity index (χ2n) is 5.03. The first-order chi connectivity index (χ1) is 10.3. The molecule has 1 heterocycles. The van der Waals surface area contributed by atoms with Crippen LogP contribution in [0, 0.1) is 0 Å². The molecule has 0 saturated heterocycles. The number of aryl methyl sites for hydroxylation is 1. The maximum absolute atomic E-state index is 5.61. The molecule has 1 unspecified atom stereocenters. The highest BCUT2D eigenvalue weighted by Gasteiger charge is 2.15. The van der Waals surface area contributed by atoms with Crippen LogP contribution in [-0.4, -0.2) is 22.9 Å². The minimum Gasteiger partial charge on any atom is -0.494 e. The lowest BCUT2D eigenvalue weighted by atomic mass is 10.0. The number of nitrogens with zero attached hydrogens (tertiary/aromatic N) is 2. The van der Waals surface area contributed by atoms with Gasteiger partial charge >= 0.3 is 0 Å². The van der Waals surface area contributed by atoms with Gasteiger partial charge in [0, 0.05) is 18.3 Å². The summed E-state index contributed by atoms with van der Waals surface area (Å²) in [7, 11) is 0. The molecule has 4 nitrogen and oxygen atoms in total. The summed E-state index contributed by atoms with van der Waals surface area (Å²) in [5.41, 5.74) is 2.40. The molecule has 0 amide bonds. The van der Waals surface area contributed by atoms with Gasteiger partial charge in [0.15, 0.2) is 0 Å². The minimum atomic E-state index is 0.154. The highest BCUT2D eigenvalue weighted by atomic mass is 16.5. The molecule has 1 aromatic carbocycles. The number of hydrogen-bond acceptors (Lipinski definition) is 3. The Kier molecular flexibility index (Phi) is 5.81. The van der Waals surface area contributed by atoms with Crippen molar-refractivity contribution in [3.63, 3.8) is 0 Å². The first-order valence-corrected chi connectivity index (χ1v) is 7.77. The Hall–Kier alpha value is -1.81. The quantitative estimate of drug-likeness (QED) is 0.809. The predicted octanol–water partition coefficient (Wildman–Crippen LogP) is 3.39. The molecule has 2 rings (SSSR count). The maximum atomic E-state index is 5.61. The van der Waals surface area contributed by atoms with Gasteiger partial charge in [0.05, 0.1) is 18.8 Å². The van der Waals surface area contributed by atoms with Crippen molar-refractivity contribution in [1.29, 1.82) is 0 Å². The summed E-state index contributed by atoms with van der Waals surface area (Å²) >= 11 is 0. The molecule has 2 aromatic rings. The van der Waals surface area contributed by atoms with Crippen molar-refractivity contribution in [2.24, 2.45) is 0 Å². The molecule has 0 aliphatic heterocycles. The second kappa shape index (κ2) is 7.84. The Morgan fingerprint density at radius 1 is 1.24 bits per heavy atom. The van der Waals surface area contributed by atoms with Gasteiger partial charge in [-0.05, 0) is 37.6 Å². The molecule has 0 radical (unpaired) electrons. The molecule has 0 aliphatic carbocycles. The zero-order valence-electron chi connectivity index (χ0n) is 13.2. The normalized spacial score (nSPS) is 12.3. The average Bonchev–Trinajstić information content (AvgIpc) is 2.94. The van der Waals surface area contributed by atoms with Crippen molar-refractivity contribution in [3.8, 4) is 5.75 Å². The van der Waals surface area contributed by atoms with Crippen molar-refractivity contribution in [2.45, 2.75) is 39.8 Å². The summed E-state index contributed by atoms with van der Waals surface area (Å²) in [5, 5.41) is 7.97. The lowest BCUT2D eigenvalue weighted by molar-refractivity contribution is 0.339.